The summed E-state index contributed by atoms with van der Waals surface area (Å²) < 4.78 is 16.0. The van der Waals surface area contributed by atoms with Crippen LogP contribution in [0, 0.1) is 32.0 Å². The number of oxazole rings is 1. The average Bonchev–Trinajstić information content (AvgIpc) is 3.29. The minimum absolute atomic E-state index is 0.0191. The standard InChI is InChI=1S/C22H20N6O4S/c1-30-21(29)20(33(13-23,14-24)15-25)12-16-6-8-17(9-7-16)31-11-10-28(26)22-27-18-4-2-3-5-19(18)32-22/h2-9,20H,10-12,26H2,1H3. The lowest BCUT2D eigenvalue weighted by atomic mass is 10.1. The number of anilines is 1. The Morgan fingerprint density at radius 2 is 1.82 bits per heavy atom. The Hall–Kier alpha value is -4.24. The first-order chi connectivity index (χ1) is 16.0. The molecule has 0 fully saturated rings. The molecule has 0 aliphatic heterocycles. The lowest BCUT2D eigenvalue weighted by molar-refractivity contribution is -0.139. The van der Waals surface area contributed by atoms with Gasteiger partial charge >= 0.3 is 12.0 Å². The molecule has 168 valence electrons. The van der Waals surface area contributed by atoms with Gasteiger partial charge in [-0.3, -0.25) is 9.80 Å². The normalized spacial score (nSPS) is 12.1. The van der Waals surface area contributed by atoms with Crippen LogP contribution in [0.1, 0.15) is 5.56 Å². The van der Waals surface area contributed by atoms with E-state index in [1.54, 1.807) is 46.5 Å². The molecule has 1 aromatic heterocycles. The molecule has 1 atom stereocenters. The van der Waals surface area contributed by atoms with Gasteiger partial charge in [0.15, 0.2) is 5.58 Å². The number of aromatic nitrogens is 1. The minimum atomic E-state index is -3.15. The van der Waals surface area contributed by atoms with E-state index < -0.39 is 21.2 Å². The van der Waals surface area contributed by atoms with Gasteiger partial charge in [-0.2, -0.15) is 20.8 Å². The summed E-state index contributed by atoms with van der Waals surface area (Å²) in [5, 5.41) is 33.5. The summed E-state index contributed by atoms with van der Waals surface area (Å²) in [6, 6.07) is 14.4. The maximum atomic E-state index is 12.2. The molecule has 1 unspecified atom stereocenters. The monoisotopic (exact) mass is 464 g/mol. The summed E-state index contributed by atoms with van der Waals surface area (Å²) in [5.41, 5.74) is 2.00. The van der Waals surface area contributed by atoms with E-state index in [9.17, 15) is 20.6 Å². The average molecular weight is 465 g/mol. The Labute approximate surface area is 191 Å². The molecule has 3 rings (SSSR count). The molecular formula is C22H20N6O4S. The number of hydrogen-bond acceptors (Lipinski definition) is 10. The van der Waals surface area contributed by atoms with Gasteiger partial charge in [-0.15, -0.1) is 0 Å². The van der Waals surface area contributed by atoms with Crippen molar-refractivity contribution in [3.63, 3.8) is 0 Å². The molecule has 0 radical (unpaired) electrons. The van der Waals surface area contributed by atoms with Crippen molar-refractivity contribution in [3.05, 3.63) is 54.1 Å². The third-order valence-electron chi connectivity index (χ3n) is 4.80. The Morgan fingerprint density at radius 3 is 2.42 bits per heavy atom. The van der Waals surface area contributed by atoms with E-state index in [4.69, 9.17) is 19.7 Å². The SMILES string of the molecule is COC(=O)C(Cc1ccc(OCCN(N)c2nc3ccccc3o2)cc1)S(C#N)(C#N)C#N. The Balaban J connectivity index is 1.60. The van der Waals surface area contributed by atoms with Gasteiger partial charge in [0.2, 0.25) is 0 Å². The zero-order valence-electron chi connectivity index (χ0n) is 17.7. The van der Waals surface area contributed by atoms with Crippen molar-refractivity contribution in [2.75, 3.05) is 25.3 Å². The van der Waals surface area contributed by atoms with Crippen LogP contribution >= 0.6 is 10.0 Å². The molecule has 0 saturated carbocycles. The van der Waals surface area contributed by atoms with Gasteiger partial charge in [-0.1, -0.05) is 24.3 Å². The number of thiocyanates is 3. The Kier molecular flexibility index (Phi) is 7.37. The van der Waals surface area contributed by atoms with E-state index >= 15 is 0 Å². The van der Waals surface area contributed by atoms with Crippen molar-refractivity contribution in [1.29, 1.82) is 15.8 Å². The second-order valence-corrected chi connectivity index (χ2v) is 9.24. The number of nitriles is 3. The molecule has 0 amide bonds. The number of ether oxygens (including phenoxy) is 2. The third-order valence-corrected chi connectivity index (χ3v) is 6.87. The first-order valence-corrected chi connectivity index (χ1v) is 11.4. The van der Waals surface area contributed by atoms with Gasteiger partial charge < -0.3 is 13.9 Å². The number of hydrogen-bond donors (Lipinski definition) is 1. The molecule has 0 aliphatic carbocycles. The second kappa shape index (κ2) is 10.4. The minimum Gasteiger partial charge on any atom is -0.492 e. The van der Waals surface area contributed by atoms with E-state index in [-0.39, 0.29) is 19.0 Å². The van der Waals surface area contributed by atoms with E-state index in [0.717, 1.165) is 7.11 Å². The maximum absolute atomic E-state index is 12.2. The summed E-state index contributed by atoms with van der Waals surface area (Å²) in [6.07, 6.45) is 0.0191. The number of nitrogens with two attached hydrogens (primary N) is 1. The molecule has 0 aliphatic rings. The van der Waals surface area contributed by atoms with Gasteiger partial charge in [-0.25, -0.2) is 5.84 Å². The van der Waals surface area contributed by atoms with Crippen molar-refractivity contribution >= 4 is 33.1 Å². The number of nitrogens with zero attached hydrogens (tertiary/aromatic N) is 5. The number of hydrazine groups is 1. The molecule has 2 aromatic carbocycles. The topological polar surface area (TPSA) is 162 Å². The molecular weight excluding hydrogens is 444 g/mol. The van der Waals surface area contributed by atoms with E-state index in [0.29, 0.717) is 29.0 Å². The van der Waals surface area contributed by atoms with E-state index in [1.165, 1.54) is 5.01 Å². The highest BCUT2D eigenvalue weighted by Gasteiger charge is 2.41. The predicted molar refractivity (Wildman–Crippen MR) is 121 cm³/mol. The number of methoxy groups -OCH3 is 1. The zero-order valence-corrected chi connectivity index (χ0v) is 18.5. The van der Waals surface area contributed by atoms with E-state index in [1.807, 2.05) is 18.2 Å². The molecule has 11 heteroatoms. The van der Waals surface area contributed by atoms with Crippen LogP contribution in [0.4, 0.5) is 6.01 Å². The molecule has 1 heterocycles. The number of carbonyl (C=O) groups is 1. The molecule has 10 nitrogen and oxygen atoms in total. The highest BCUT2D eigenvalue weighted by atomic mass is 32.3. The zero-order chi connectivity index (χ0) is 23.8. The predicted octanol–water partition coefficient (Wildman–Crippen LogP) is 2.92. The number of esters is 1. The summed E-state index contributed by atoms with van der Waals surface area (Å²) in [6.45, 7) is 0.571. The molecule has 2 N–H and O–H groups in total. The molecule has 0 saturated heterocycles. The molecule has 0 spiro atoms. The molecule has 3 aromatic rings. The number of carbonyl (C=O) groups excluding carboxylic acids is 1. The Morgan fingerprint density at radius 1 is 1.15 bits per heavy atom. The van der Waals surface area contributed by atoms with Crippen LogP contribution < -0.4 is 15.6 Å². The fourth-order valence-corrected chi connectivity index (χ4v) is 4.34. The number of rotatable bonds is 9. The number of benzene rings is 2. The highest BCUT2D eigenvalue weighted by molar-refractivity contribution is 8.45. The van der Waals surface area contributed by atoms with Crippen LogP contribution in [0.25, 0.3) is 11.1 Å². The Bertz CT molecular complexity index is 1190. The second-order valence-electron chi connectivity index (χ2n) is 6.80. The number of para-hydroxylation sites is 2. The largest absolute Gasteiger partial charge is 0.492 e. The van der Waals surface area contributed by atoms with Crippen LogP contribution in [-0.4, -0.2) is 36.5 Å². The third kappa shape index (κ3) is 5.16. The van der Waals surface area contributed by atoms with Crippen molar-refractivity contribution in [1.82, 2.24) is 4.98 Å². The lowest BCUT2D eigenvalue weighted by Gasteiger charge is -2.24. The van der Waals surface area contributed by atoms with Gasteiger partial charge in [0.1, 0.15) is 39.3 Å². The smallest absolute Gasteiger partial charge is 0.320 e. The molecule has 0 bridgehead atoms. The van der Waals surface area contributed by atoms with Gasteiger partial charge in [0.05, 0.1) is 13.7 Å². The summed E-state index contributed by atoms with van der Waals surface area (Å²) in [5.74, 6) is 5.79. The quantitative estimate of drug-likeness (QED) is 0.215. The van der Waals surface area contributed by atoms with Gasteiger partial charge in [0, 0.05) is 10.0 Å². The van der Waals surface area contributed by atoms with Crippen LogP contribution in [0.5, 0.6) is 5.75 Å². The van der Waals surface area contributed by atoms with Crippen LogP contribution in [0.15, 0.2) is 52.9 Å². The highest BCUT2D eigenvalue weighted by Crippen LogP contribution is 2.51. The molecule has 33 heavy (non-hydrogen) atoms. The van der Waals surface area contributed by atoms with Crippen molar-refractivity contribution in [2.45, 2.75) is 11.7 Å². The van der Waals surface area contributed by atoms with Crippen LogP contribution in [0.2, 0.25) is 0 Å². The lowest BCUT2D eigenvalue weighted by Crippen LogP contribution is -2.35. The van der Waals surface area contributed by atoms with Crippen LogP contribution in [0.3, 0.4) is 0 Å². The summed E-state index contributed by atoms with van der Waals surface area (Å²) in [7, 11) is -2.00. The first-order valence-electron chi connectivity index (χ1n) is 9.68. The van der Waals surface area contributed by atoms with Gasteiger partial charge in [0.25, 0.3) is 0 Å². The first kappa shape index (κ1) is 23.4. The summed E-state index contributed by atoms with van der Waals surface area (Å²) >= 11 is 0. The van der Waals surface area contributed by atoms with Gasteiger partial charge in [-0.05, 0) is 36.2 Å². The van der Waals surface area contributed by atoms with Crippen molar-refractivity contribution in [3.8, 4) is 22.0 Å². The maximum Gasteiger partial charge on any atom is 0.320 e. The summed E-state index contributed by atoms with van der Waals surface area (Å²) in [4.78, 5) is 16.5. The van der Waals surface area contributed by atoms with Crippen LogP contribution in [-0.2, 0) is 16.0 Å². The van der Waals surface area contributed by atoms with Crippen molar-refractivity contribution < 1.29 is 18.7 Å². The van der Waals surface area contributed by atoms with E-state index in [2.05, 4.69) is 4.98 Å². The fourth-order valence-electron chi connectivity index (χ4n) is 3.01. The fraction of sp³-hybridized carbons (Fsp3) is 0.227. The van der Waals surface area contributed by atoms with Crippen molar-refractivity contribution in [2.24, 2.45) is 5.84 Å². The number of fused-ring (bicyclic) bond motifs is 1.